The first-order valence-electron chi connectivity index (χ1n) is 13.1. The number of benzene rings is 2. The number of fused-ring (bicyclic) bond motifs is 1. The van der Waals surface area contributed by atoms with E-state index in [1.807, 2.05) is 10.9 Å². The molecule has 0 radical (unpaired) electrons. The Morgan fingerprint density at radius 3 is 2.65 bits per heavy atom. The minimum absolute atomic E-state index is 0. The molecular formula is C28H32ClFN6O4. The third kappa shape index (κ3) is 5.97. The normalized spacial score (nSPS) is 17.9. The number of halogens is 2. The summed E-state index contributed by atoms with van der Waals surface area (Å²) < 4.78 is 29.5. The number of rotatable bonds is 9. The fourth-order valence-corrected chi connectivity index (χ4v) is 5.35. The average Bonchev–Trinajstić information content (AvgIpc) is 3.50. The van der Waals surface area contributed by atoms with Gasteiger partial charge in [0.2, 0.25) is 5.88 Å². The number of nitrogens with zero attached hydrogens (tertiary/aromatic N) is 5. The lowest BCUT2D eigenvalue weighted by Gasteiger charge is -2.32. The lowest BCUT2D eigenvalue weighted by Crippen LogP contribution is -2.36. The predicted octanol–water partition coefficient (Wildman–Crippen LogP) is 5.09. The quantitative estimate of drug-likeness (QED) is 0.285. The number of carbonyl (C=O) groups is 1. The van der Waals surface area contributed by atoms with Gasteiger partial charge in [0.05, 0.1) is 41.8 Å². The van der Waals surface area contributed by atoms with Crippen LogP contribution in [0.25, 0.3) is 11.0 Å². The molecule has 1 atom stereocenters. The van der Waals surface area contributed by atoms with Crippen LogP contribution in [-0.2, 0) is 24.4 Å². The maximum Gasteiger partial charge on any atom is 0.335 e. The first kappa shape index (κ1) is 28.0. The number of ether oxygens (including phenoxy) is 2. The third-order valence-corrected chi connectivity index (χ3v) is 7.76. The Balaban J connectivity index is 0.00000323. The van der Waals surface area contributed by atoms with Crippen molar-refractivity contribution in [2.45, 2.75) is 51.1 Å². The van der Waals surface area contributed by atoms with Crippen LogP contribution >= 0.6 is 11.6 Å². The second-order valence-electron chi connectivity index (χ2n) is 10.1. The van der Waals surface area contributed by atoms with E-state index in [9.17, 15) is 14.3 Å². The molecule has 10 nitrogen and oxygen atoms in total. The van der Waals surface area contributed by atoms with E-state index in [-0.39, 0.29) is 30.5 Å². The number of carboxylic acid groups (broad SMARTS) is 1. The van der Waals surface area contributed by atoms with Crippen LogP contribution in [0.3, 0.4) is 0 Å². The fourth-order valence-electron chi connectivity index (χ4n) is 5.20. The van der Waals surface area contributed by atoms with Crippen molar-refractivity contribution in [3.63, 3.8) is 0 Å². The molecular weight excluding hydrogens is 539 g/mol. The third-order valence-electron chi connectivity index (χ3n) is 7.52. The highest BCUT2D eigenvalue weighted by Gasteiger charge is 2.26. The van der Waals surface area contributed by atoms with Crippen molar-refractivity contribution < 1.29 is 23.8 Å². The number of imidazole rings is 1. The van der Waals surface area contributed by atoms with Gasteiger partial charge in [-0.2, -0.15) is 0 Å². The first-order chi connectivity index (χ1) is 18.9. The van der Waals surface area contributed by atoms with Crippen LogP contribution in [0.5, 0.6) is 5.88 Å². The van der Waals surface area contributed by atoms with Crippen molar-refractivity contribution in [2.24, 2.45) is 0 Å². The van der Waals surface area contributed by atoms with Gasteiger partial charge in [0, 0.05) is 42.5 Å². The number of hydrogen-bond donors (Lipinski definition) is 2. The second kappa shape index (κ2) is 11.9. The molecule has 0 aliphatic carbocycles. The molecule has 2 aromatic heterocycles. The van der Waals surface area contributed by atoms with Crippen LogP contribution in [0.1, 0.15) is 47.1 Å². The monoisotopic (exact) mass is 570 g/mol. The summed E-state index contributed by atoms with van der Waals surface area (Å²) in [4.78, 5) is 18.8. The molecule has 0 amide bonds. The Kier molecular flexibility index (Phi) is 8.36. The number of likely N-dealkylation sites (tertiary alicyclic amines) is 1. The van der Waals surface area contributed by atoms with Gasteiger partial charge in [0.15, 0.2) is 0 Å². The largest absolute Gasteiger partial charge is 0.478 e. The summed E-state index contributed by atoms with van der Waals surface area (Å²) in [5, 5.41) is 14.4. The predicted molar refractivity (Wildman–Crippen MR) is 148 cm³/mol. The van der Waals surface area contributed by atoms with Gasteiger partial charge in [-0.3, -0.25) is 9.58 Å². The molecule has 0 saturated carbocycles. The lowest BCUT2D eigenvalue weighted by molar-refractivity contribution is -0.0592. The van der Waals surface area contributed by atoms with E-state index in [0.717, 1.165) is 55.8 Å². The van der Waals surface area contributed by atoms with Crippen LogP contribution in [0.4, 0.5) is 4.39 Å². The average molecular weight is 571 g/mol. The van der Waals surface area contributed by atoms with Gasteiger partial charge in [0.1, 0.15) is 18.2 Å². The zero-order valence-electron chi connectivity index (χ0n) is 22.0. The SMILES string of the molecule is N.O=C(O)c1ccc2nc(CN3CCC(n4ccc(OCc5ccc(Cl)cc5F)n4)CC3)n(C[C@@H]3CCO3)c2c1. The van der Waals surface area contributed by atoms with Gasteiger partial charge in [0.25, 0.3) is 0 Å². The minimum Gasteiger partial charge on any atom is -0.478 e. The number of piperidine rings is 1. The Morgan fingerprint density at radius 2 is 1.95 bits per heavy atom. The van der Waals surface area contributed by atoms with Crippen molar-refractivity contribution in [3.05, 3.63) is 76.5 Å². The summed E-state index contributed by atoms with van der Waals surface area (Å²) >= 11 is 5.82. The van der Waals surface area contributed by atoms with Crippen molar-refractivity contribution in [1.29, 1.82) is 0 Å². The number of aromatic nitrogens is 4. The van der Waals surface area contributed by atoms with Crippen LogP contribution in [0, 0.1) is 5.82 Å². The highest BCUT2D eigenvalue weighted by molar-refractivity contribution is 6.30. The van der Waals surface area contributed by atoms with E-state index >= 15 is 0 Å². The summed E-state index contributed by atoms with van der Waals surface area (Å²) in [5.74, 6) is 0.0352. The van der Waals surface area contributed by atoms with Crippen LogP contribution in [0.15, 0.2) is 48.7 Å². The summed E-state index contributed by atoms with van der Waals surface area (Å²) in [5.41, 5.74) is 2.31. The fraction of sp³-hybridized carbons (Fsp3) is 0.393. The Labute approximate surface area is 235 Å². The molecule has 2 fully saturated rings. The van der Waals surface area contributed by atoms with Crippen molar-refractivity contribution in [3.8, 4) is 5.88 Å². The zero-order valence-corrected chi connectivity index (χ0v) is 22.8. The van der Waals surface area contributed by atoms with Crippen molar-refractivity contribution in [2.75, 3.05) is 19.7 Å². The maximum atomic E-state index is 14.0. The molecule has 4 N–H and O–H groups in total. The molecule has 2 aliphatic rings. The highest BCUT2D eigenvalue weighted by Crippen LogP contribution is 2.27. The van der Waals surface area contributed by atoms with E-state index in [4.69, 9.17) is 26.1 Å². The molecule has 0 bridgehead atoms. The van der Waals surface area contributed by atoms with E-state index in [1.54, 1.807) is 36.4 Å². The molecule has 2 aromatic carbocycles. The first-order valence-corrected chi connectivity index (χ1v) is 13.5. The Hall–Kier alpha value is -3.51. The summed E-state index contributed by atoms with van der Waals surface area (Å²) in [7, 11) is 0. The van der Waals surface area contributed by atoms with E-state index in [1.165, 1.54) is 6.07 Å². The summed E-state index contributed by atoms with van der Waals surface area (Å²) in [6.45, 7) is 3.94. The summed E-state index contributed by atoms with van der Waals surface area (Å²) in [6.07, 6.45) is 4.87. The number of hydrogen-bond acceptors (Lipinski definition) is 7. The molecule has 40 heavy (non-hydrogen) atoms. The zero-order chi connectivity index (χ0) is 26.9. The van der Waals surface area contributed by atoms with Gasteiger partial charge < -0.3 is 25.3 Å². The topological polar surface area (TPSA) is 130 Å². The van der Waals surface area contributed by atoms with Crippen LogP contribution < -0.4 is 10.9 Å². The molecule has 212 valence electrons. The molecule has 2 aliphatic heterocycles. The van der Waals surface area contributed by atoms with Gasteiger partial charge in [-0.05, 0) is 49.6 Å². The Bertz CT molecular complexity index is 1500. The van der Waals surface area contributed by atoms with E-state index < -0.39 is 11.8 Å². The summed E-state index contributed by atoms with van der Waals surface area (Å²) in [6, 6.07) is 11.7. The molecule has 4 heterocycles. The minimum atomic E-state index is -0.947. The van der Waals surface area contributed by atoms with Crippen molar-refractivity contribution >= 4 is 28.6 Å². The van der Waals surface area contributed by atoms with E-state index in [2.05, 4.69) is 14.6 Å². The van der Waals surface area contributed by atoms with E-state index in [0.29, 0.717) is 29.6 Å². The van der Waals surface area contributed by atoms with Crippen LogP contribution in [-0.4, -0.2) is 61.1 Å². The lowest BCUT2D eigenvalue weighted by atomic mass is 10.1. The molecule has 2 saturated heterocycles. The van der Waals surface area contributed by atoms with Gasteiger partial charge in [-0.1, -0.05) is 17.7 Å². The molecule has 0 spiro atoms. The number of carboxylic acids is 1. The maximum absolute atomic E-state index is 14.0. The number of aromatic carboxylic acids is 1. The van der Waals surface area contributed by atoms with Gasteiger partial charge in [-0.15, -0.1) is 5.10 Å². The molecule has 6 rings (SSSR count). The highest BCUT2D eigenvalue weighted by atomic mass is 35.5. The van der Waals surface area contributed by atoms with Crippen LogP contribution in [0.2, 0.25) is 5.02 Å². The smallest absolute Gasteiger partial charge is 0.335 e. The molecule has 4 aromatic rings. The molecule has 12 heteroatoms. The van der Waals surface area contributed by atoms with Gasteiger partial charge in [-0.25, -0.2) is 14.2 Å². The standard InChI is InChI=1S/C28H29ClFN5O4.H3N/c29-20-3-1-19(23(30)14-20)17-39-27-7-11-35(32-27)21-5-9-33(10-6-21)16-26-31-24-4-2-18(28(36)37)13-25(24)34(26)15-22-8-12-38-22;/h1-4,7,11,13-14,21-22H,5-6,8-10,12,15-17H2,(H,36,37);1H3/t22-;/m0./s1. The second-order valence-corrected chi connectivity index (χ2v) is 10.5. The molecule has 0 unspecified atom stereocenters. The van der Waals surface area contributed by atoms with Gasteiger partial charge >= 0.3 is 5.97 Å². The van der Waals surface area contributed by atoms with Crippen molar-refractivity contribution in [1.82, 2.24) is 30.4 Å². The Morgan fingerprint density at radius 1 is 1.15 bits per heavy atom.